The van der Waals surface area contributed by atoms with E-state index in [9.17, 15) is 29.3 Å². The molecule has 1 amide bonds. The van der Waals surface area contributed by atoms with Crippen molar-refractivity contribution in [3.63, 3.8) is 0 Å². The molecule has 0 spiro atoms. The number of rotatable bonds is 9. The summed E-state index contributed by atoms with van der Waals surface area (Å²) in [5.41, 5.74) is -0.512. The molecule has 0 bridgehead atoms. The van der Waals surface area contributed by atoms with Gasteiger partial charge in [0.05, 0.1) is 23.7 Å². The van der Waals surface area contributed by atoms with Crippen LogP contribution < -0.4 is 5.32 Å². The molecule has 0 fully saturated rings. The summed E-state index contributed by atoms with van der Waals surface area (Å²) in [7, 11) is 0. The Labute approximate surface area is 186 Å². The van der Waals surface area contributed by atoms with Crippen LogP contribution in [0.4, 0.5) is 10.7 Å². The van der Waals surface area contributed by atoms with E-state index in [4.69, 9.17) is 14.2 Å². The number of hydrogen-bond acceptors (Lipinski definition) is 10. The number of amides is 1. The molecule has 0 aliphatic carbocycles. The third-order valence-electron chi connectivity index (χ3n) is 4.00. The summed E-state index contributed by atoms with van der Waals surface area (Å²) < 4.78 is 14.8. The van der Waals surface area contributed by atoms with Crippen LogP contribution in [0.15, 0.2) is 24.3 Å². The highest BCUT2D eigenvalue weighted by atomic mass is 32.1. The Hall–Kier alpha value is -3.80. The van der Waals surface area contributed by atoms with Gasteiger partial charge in [0.25, 0.3) is 11.6 Å². The van der Waals surface area contributed by atoms with E-state index in [-0.39, 0.29) is 39.8 Å². The molecule has 11 nitrogen and oxygen atoms in total. The van der Waals surface area contributed by atoms with E-state index in [2.05, 4.69) is 5.32 Å². The van der Waals surface area contributed by atoms with Crippen molar-refractivity contribution in [1.29, 1.82) is 0 Å². The van der Waals surface area contributed by atoms with E-state index >= 15 is 0 Å². The quantitative estimate of drug-likeness (QED) is 0.255. The lowest BCUT2D eigenvalue weighted by Crippen LogP contribution is -2.22. The first-order valence-corrected chi connectivity index (χ1v) is 10.2. The number of esters is 3. The van der Waals surface area contributed by atoms with Crippen LogP contribution >= 0.6 is 11.3 Å². The molecule has 0 saturated carbocycles. The van der Waals surface area contributed by atoms with Crippen molar-refractivity contribution >= 4 is 45.8 Å². The predicted octanol–water partition coefficient (Wildman–Crippen LogP) is 3.11. The summed E-state index contributed by atoms with van der Waals surface area (Å²) in [4.78, 5) is 59.4. The molecule has 12 heteroatoms. The maximum atomic E-state index is 12.3. The van der Waals surface area contributed by atoms with Gasteiger partial charge in [-0.25, -0.2) is 14.4 Å². The number of para-hydroxylation sites is 1. The minimum Gasteiger partial charge on any atom is -0.462 e. The number of nitrogens with one attached hydrogen (secondary N) is 1. The van der Waals surface area contributed by atoms with Crippen molar-refractivity contribution in [1.82, 2.24) is 0 Å². The standard InChI is InChI=1S/C20H20N2O9S/c1-4-29-19(25)15-11(3)16(20(26)30-5-2)32-17(15)21-14(23)10-31-18(24)12-8-6-7-9-13(12)22(27)28/h6-9H,4-5,10H2,1-3H3,(H,21,23). The van der Waals surface area contributed by atoms with Crippen LogP contribution in [0.25, 0.3) is 0 Å². The molecular formula is C20H20N2O9S. The minimum absolute atomic E-state index is 0.0155. The number of carbonyl (C=O) groups excluding carboxylic acids is 4. The molecular weight excluding hydrogens is 444 g/mol. The minimum atomic E-state index is -1.06. The third kappa shape index (κ3) is 5.66. The van der Waals surface area contributed by atoms with Crippen LogP contribution in [0.2, 0.25) is 0 Å². The van der Waals surface area contributed by atoms with Gasteiger partial charge in [0, 0.05) is 6.07 Å². The number of nitro groups is 1. The molecule has 1 heterocycles. The van der Waals surface area contributed by atoms with Crippen molar-refractivity contribution in [2.45, 2.75) is 20.8 Å². The number of anilines is 1. The summed E-state index contributed by atoms with van der Waals surface area (Å²) >= 11 is 0.817. The van der Waals surface area contributed by atoms with Gasteiger partial charge >= 0.3 is 17.9 Å². The molecule has 0 unspecified atom stereocenters. The van der Waals surface area contributed by atoms with Crippen LogP contribution in [-0.2, 0) is 19.0 Å². The van der Waals surface area contributed by atoms with Crippen molar-refractivity contribution < 1.29 is 38.3 Å². The highest BCUT2D eigenvalue weighted by Crippen LogP contribution is 2.34. The second-order valence-corrected chi connectivity index (χ2v) is 7.12. The molecule has 0 atom stereocenters. The summed E-state index contributed by atoms with van der Waals surface area (Å²) in [5.74, 6) is -3.29. The maximum absolute atomic E-state index is 12.3. The zero-order valence-electron chi connectivity index (χ0n) is 17.5. The predicted molar refractivity (Wildman–Crippen MR) is 113 cm³/mol. The molecule has 0 aliphatic heterocycles. The van der Waals surface area contributed by atoms with Gasteiger partial charge in [-0.15, -0.1) is 11.3 Å². The number of nitro benzene ring substituents is 1. The van der Waals surface area contributed by atoms with Gasteiger partial charge in [-0.3, -0.25) is 14.9 Å². The van der Waals surface area contributed by atoms with E-state index in [0.717, 1.165) is 17.4 Å². The molecule has 170 valence electrons. The number of thiophene rings is 1. The van der Waals surface area contributed by atoms with Gasteiger partial charge in [0.15, 0.2) is 6.61 Å². The molecule has 2 rings (SSSR count). The summed E-state index contributed by atoms with van der Waals surface area (Å²) in [6.45, 7) is 4.16. The van der Waals surface area contributed by atoms with Crippen molar-refractivity contribution in [3.05, 3.63) is 55.9 Å². The fourth-order valence-corrected chi connectivity index (χ4v) is 3.72. The lowest BCUT2D eigenvalue weighted by Gasteiger charge is -2.08. The SMILES string of the molecule is CCOC(=O)c1sc(NC(=O)COC(=O)c2ccccc2[N+](=O)[O-])c(C(=O)OCC)c1C. The fraction of sp³-hybridized carbons (Fsp3) is 0.300. The van der Waals surface area contributed by atoms with Crippen LogP contribution in [-0.4, -0.2) is 48.6 Å². The van der Waals surface area contributed by atoms with Crippen LogP contribution in [0, 0.1) is 17.0 Å². The van der Waals surface area contributed by atoms with Gasteiger partial charge in [-0.2, -0.15) is 0 Å². The first kappa shape index (κ1) is 24.5. The fourth-order valence-electron chi connectivity index (χ4n) is 2.62. The Bertz CT molecular complexity index is 1060. The number of benzene rings is 1. The van der Waals surface area contributed by atoms with Crippen LogP contribution in [0.5, 0.6) is 0 Å². The van der Waals surface area contributed by atoms with Crippen LogP contribution in [0.3, 0.4) is 0 Å². The van der Waals surface area contributed by atoms with E-state index in [0.29, 0.717) is 0 Å². The molecule has 0 saturated heterocycles. The van der Waals surface area contributed by atoms with Crippen molar-refractivity contribution in [2.24, 2.45) is 0 Å². The Balaban J connectivity index is 2.19. The van der Waals surface area contributed by atoms with Gasteiger partial charge in [-0.05, 0) is 32.4 Å². The monoisotopic (exact) mass is 464 g/mol. The lowest BCUT2D eigenvalue weighted by atomic mass is 10.1. The third-order valence-corrected chi connectivity index (χ3v) is 5.18. The topological polar surface area (TPSA) is 151 Å². The molecule has 1 N–H and O–H groups in total. The van der Waals surface area contributed by atoms with E-state index < -0.39 is 41.0 Å². The average Bonchev–Trinajstić information content (AvgIpc) is 3.08. The zero-order chi connectivity index (χ0) is 23.8. The highest BCUT2D eigenvalue weighted by molar-refractivity contribution is 7.18. The number of ether oxygens (including phenoxy) is 3. The van der Waals surface area contributed by atoms with Crippen molar-refractivity contribution in [3.8, 4) is 0 Å². The molecule has 2 aromatic rings. The normalized spacial score (nSPS) is 10.2. The molecule has 32 heavy (non-hydrogen) atoms. The Kier molecular flexibility index (Phi) is 8.41. The highest BCUT2D eigenvalue weighted by Gasteiger charge is 2.28. The molecule has 1 aromatic carbocycles. The molecule has 0 radical (unpaired) electrons. The second kappa shape index (κ2) is 11.0. The lowest BCUT2D eigenvalue weighted by molar-refractivity contribution is -0.385. The van der Waals surface area contributed by atoms with E-state index in [1.807, 2.05) is 0 Å². The van der Waals surface area contributed by atoms with Gasteiger partial charge < -0.3 is 19.5 Å². The largest absolute Gasteiger partial charge is 0.462 e. The Morgan fingerprint density at radius 3 is 2.25 bits per heavy atom. The van der Waals surface area contributed by atoms with Crippen LogP contribution in [0.1, 0.15) is 49.8 Å². The van der Waals surface area contributed by atoms with E-state index in [1.54, 1.807) is 13.8 Å². The molecule has 0 aliphatic rings. The zero-order valence-corrected chi connectivity index (χ0v) is 18.3. The number of nitrogens with zero attached hydrogens (tertiary/aromatic N) is 1. The maximum Gasteiger partial charge on any atom is 0.348 e. The second-order valence-electron chi connectivity index (χ2n) is 6.10. The summed E-state index contributed by atoms with van der Waals surface area (Å²) in [6.07, 6.45) is 0. The van der Waals surface area contributed by atoms with Gasteiger partial charge in [0.2, 0.25) is 0 Å². The summed E-state index contributed by atoms with van der Waals surface area (Å²) in [5, 5.41) is 13.5. The van der Waals surface area contributed by atoms with Gasteiger partial charge in [-0.1, -0.05) is 12.1 Å². The van der Waals surface area contributed by atoms with Crippen molar-refractivity contribution in [2.75, 3.05) is 25.1 Å². The number of hydrogen-bond donors (Lipinski definition) is 1. The van der Waals surface area contributed by atoms with E-state index in [1.165, 1.54) is 25.1 Å². The smallest absolute Gasteiger partial charge is 0.348 e. The summed E-state index contributed by atoms with van der Waals surface area (Å²) in [6, 6.07) is 5.14. The first-order chi connectivity index (χ1) is 15.2. The first-order valence-electron chi connectivity index (χ1n) is 9.39. The number of carbonyl (C=O) groups is 4. The Morgan fingerprint density at radius 1 is 1.00 bits per heavy atom. The average molecular weight is 464 g/mol. The van der Waals surface area contributed by atoms with Gasteiger partial charge in [0.1, 0.15) is 15.4 Å². The Morgan fingerprint density at radius 2 is 1.62 bits per heavy atom. The molecule has 1 aromatic heterocycles.